The summed E-state index contributed by atoms with van der Waals surface area (Å²) < 4.78 is 41.8. The third-order valence-corrected chi connectivity index (χ3v) is 2.87. The van der Waals surface area contributed by atoms with Gasteiger partial charge in [0, 0.05) is 4.90 Å². The molecule has 0 fully saturated rings. The Balaban J connectivity index is 0.000000690. The molecule has 0 unspecified atom stereocenters. The van der Waals surface area contributed by atoms with E-state index in [0.29, 0.717) is 11.3 Å². The van der Waals surface area contributed by atoms with Gasteiger partial charge >= 0.3 is 6.36 Å². The standard InChI is InChI=1S/C8H5ClF3NO2S.C4H11N/c9-6-2-1-5(16-13-4-14)3-7(6)15-8(10,11)12;1-3-4-5-2/h1-4H,(H,13,14);5H,3-4H2,1-2H3. The second kappa shape index (κ2) is 10.6. The highest BCUT2D eigenvalue weighted by Crippen LogP contribution is 2.33. The fourth-order valence-corrected chi connectivity index (χ4v) is 1.73. The zero-order chi connectivity index (χ0) is 16.3. The summed E-state index contributed by atoms with van der Waals surface area (Å²) in [6.45, 7) is 3.29. The molecular weight excluding hydrogens is 329 g/mol. The van der Waals surface area contributed by atoms with Crippen LogP contribution in [-0.2, 0) is 4.79 Å². The highest BCUT2D eigenvalue weighted by molar-refractivity contribution is 7.97. The van der Waals surface area contributed by atoms with Crippen LogP contribution in [-0.4, -0.2) is 26.4 Å². The molecule has 0 bridgehead atoms. The average molecular weight is 345 g/mol. The second-order valence-corrected chi connectivity index (χ2v) is 4.90. The molecule has 4 nitrogen and oxygen atoms in total. The van der Waals surface area contributed by atoms with E-state index in [1.165, 1.54) is 18.6 Å². The summed E-state index contributed by atoms with van der Waals surface area (Å²) >= 11 is 6.36. The Morgan fingerprint density at radius 1 is 1.43 bits per heavy atom. The van der Waals surface area contributed by atoms with Crippen LogP contribution in [0.5, 0.6) is 5.75 Å². The summed E-state index contributed by atoms with van der Waals surface area (Å²) in [6.07, 6.45) is -3.16. The molecule has 0 spiro atoms. The van der Waals surface area contributed by atoms with E-state index in [9.17, 15) is 18.0 Å². The lowest BCUT2D eigenvalue weighted by molar-refractivity contribution is -0.274. The zero-order valence-corrected chi connectivity index (χ0v) is 13.0. The van der Waals surface area contributed by atoms with Crippen molar-refractivity contribution in [1.82, 2.24) is 10.0 Å². The molecular formula is C12H16ClF3N2O2S. The van der Waals surface area contributed by atoms with Crippen molar-refractivity contribution in [2.24, 2.45) is 0 Å². The molecule has 0 aliphatic carbocycles. The quantitative estimate of drug-likeness (QED) is 0.611. The highest BCUT2D eigenvalue weighted by Gasteiger charge is 2.32. The Morgan fingerprint density at radius 2 is 2.10 bits per heavy atom. The SMILES string of the molecule is CCCNC.O=CNSc1ccc(Cl)c(OC(F)(F)F)c1. The number of hydrogen-bond acceptors (Lipinski definition) is 4. The highest BCUT2D eigenvalue weighted by atomic mass is 35.5. The van der Waals surface area contributed by atoms with Gasteiger partial charge in [-0.15, -0.1) is 13.2 Å². The van der Waals surface area contributed by atoms with Gasteiger partial charge in [0.1, 0.15) is 5.75 Å². The Labute approximate surface area is 130 Å². The number of amides is 1. The van der Waals surface area contributed by atoms with Gasteiger partial charge in [-0.3, -0.25) is 9.52 Å². The molecule has 120 valence electrons. The molecule has 1 aromatic rings. The minimum Gasteiger partial charge on any atom is -0.404 e. The van der Waals surface area contributed by atoms with Crippen LogP contribution in [0.15, 0.2) is 23.1 Å². The average Bonchev–Trinajstić information content (AvgIpc) is 2.40. The molecule has 0 heterocycles. The lowest BCUT2D eigenvalue weighted by atomic mass is 10.3. The number of carbonyl (C=O) groups is 1. The minimum absolute atomic E-state index is 0.159. The fraction of sp³-hybridized carbons (Fsp3) is 0.417. The number of carbonyl (C=O) groups excluding carboxylic acids is 1. The molecule has 9 heteroatoms. The number of rotatable bonds is 6. The summed E-state index contributed by atoms with van der Waals surface area (Å²) in [5, 5.41) is 2.86. The van der Waals surface area contributed by atoms with Gasteiger partial charge < -0.3 is 10.1 Å². The number of alkyl halides is 3. The smallest absolute Gasteiger partial charge is 0.404 e. The maximum absolute atomic E-state index is 11.9. The predicted molar refractivity (Wildman–Crippen MR) is 77.4 cm³/mol. The van der Waals surface area contributed by atoms with Crippen molar-refractivity contribution >= 4 is 30.0 Å². The van der Waals surface area contributed by atoms with Crippen molar-refractivity contribution < 1.29 is 22.7 Å². The number of halogens is 4. The minimum atomic E-state index is -4.80. The van der Waals surface area contributed by atoms with Crippen LogP contribution in [0.25, 0.3) is 0 Å². The Morgan fingerprint density at radius 3 is 2.52 bits per heavy atom. The van der Waals surface area contributed by atoms with Crippen molar-refractivity contribution in [2.75, 3.05) is 13.6 Å². The van der Waals surface area contributed by atoms with Gasteiger partial charge in [0.15, 0.2) is 0 Å². The summed E-state index contributed by atoms with van der Waals surface area (Å²) in [7, 11) is 1.96. The summed E-state index contributed by atoms with van der Waals surface area (Å²) in [5.74, 6) is -0.508. The third-order valence-electron chi connectivity index (χ3n) is 1.85. The van der Waals surface area contributed by atoms with E-state index < -0.39 is 12.1 Å². The molecule has 21 heavy (non-hydrogen) atoms. The van der Waals surface area contributed by atoms with Gasteiger partial charge in [-0.2, -0.15) is 0 Å². The number of hydrogen-bond donors (Lipinski definition) is 2. The van der Waals surface area contributed by atoms with Crippen LogP contribution < -0.4 is 14.8 Å². The number of benzene rings is 1. The van der Waals surface area contributed by atoms with Gasteiger partial charge in [-0.05, 0) is 50.2 Å². The first-order valence-electron chi connectivity index (χ1n) is 5.90. The maximum atomic E-state index is 11.9. The molecule has 1 amide bonds. The first-order valence-corrected chi connectivity index (χ1v) is 7.09. The van der Waals surface area contributed by atoms with Crippen LogP contribution >= 0.6 is 23.5 Å². The first kappa shape index (κ1) is 19.9. The van der Waals surface area contributed by atoms with Crippen molar-refractivity contribution in [3.8, 4) is 5.75 Å². The van der Waals surface area contributed by atoms with Crippen molar-refractivity contribution in [1.29, 1.82) is 0 Å². The van der Waals surface area contributed by atoms with E-state index >= 15 is 0 Å². The van der Waals surface area contributed by atoms with Crippen LogP contribution in [0, 0.1) is 0 Å². The molecule has 0 aromatic heterocycles. The molecule has 0 aliphatic rings. The fourth-order valence-electron chi connectivity index (χ4n) is 1.09. The monoisotopic (exact) mass is 344 g/mol. The molecule has 1 aromatic carbocycles. The topological polar surface area (TPSA) is 50.4 Å². The Kier molecular flexibility index (Phi) is 10.0. The normalized spacial score (nSPS) is 10.4. The number of nitrogens with one attached hydrogen (secondary N) is 2. The molecule has 2 N–H and O–H groups in total. The molecule has 0 saturated carbocycles. The van der Waals surface area contributed by atoms with E-state index in [1.54, 1.807) is 0 Å². The second-order valence-electron chi connectivity index (χ2n) is 3.58. The van der Waals surface area contributed by atoms with E-state index in [-0.39, 0.29) is 5.02 Å². The Bertz CT molecular complexity index is 431. The van der Waals surface area contributed by atoms with E-state index in [2.05, 4.69) is 21.7 Å². The van der Waals surface area contributed by atoms with Crippen molar-refractivity contribution in [3.05, 3.63) is 23.2 Å². The van der Waals surface area contributed by atoms with Crippen LogP contribution in [0.2, 0.25) is 5.02 Å². The van der Waals surface area contributed by atoms with Crippen LogP contribution in [0.3, 0.4) is 0 Å². The van der Waals surface area contributed by atoms with E-state index in [0.717, 1.165) is 24.6 Å². The summed E-state index contributed by atoms with van der Waals surface area (Å²) in [5.41, 5.74) is 0. The van der Waals surface area contributed by atoms with Gasteiger partial charge in [-0.1, -0.05) is 18.5 Å². The molecule has 0 radical (unpaired) electrons. The maximum Gasteiger partial charge on any atom is 0.573 e. The largest absolute Gasteiger partial charge is 0.573 e. The summed E-state index contributed by atoms with van der Waals surface area (Å²) in [6, 6.07) is 3.78. The van der Waals surface area contributed by atoms with Gasteiger partial charge in [0.05, 0.1) is 5.02 Å². The van der Waals surface area contributed by atoms with Crippen molar-refractivity contribution in [3.63, 3.8) is 0 Å². The van der Waals surface area contributed by atoms with Gasteiger partial charge in [0.25, 0.3) is 0 Å². The number of ether oxygens (including phenoxy) is 1. The molecule has 0 aliphatic heterocycles. The van der Waals surface area contributed by atoms with Crippen molar-refractivity contribution in [2.45, 2.75) is 24.6 Å². The molecule has 0 atom stereocenters. The van der Waals surface area contributed by atoms with Gasteiger partial charge in [0.2, 0.25) is 6.41 Å². The van der Waals surface area contributed by atoms with Gasteiger partial charge in [-0.25, -0.2) is 0 Å². The summed E-state index contributed by atoms with van der Waals surface area (Å²) in [4.78, 5) is 10.4. The molecule has 1 rings (SSSR count). The lowest BCUT2D eigenvalue weighted by Gasteiger charge is -2.11. The first-order chi connectivity index (χ1) is 9.84. The predicted octanol–water partition coefficient (Wildman–Crippen LogP) is 3.61. The van der Waals surface area contributed by atoms with Crippen LogP contribution in [0.1, 0.15) is 13.3 Å². The Hall–Kier alpha value is -1.12. The van der Waals surface area contributed by atoms with E-state index in [1.807, 2.05) is 7.05 Å². The third kappa shape index (κ3) is 10.3. The zero-order valence-electron chi connectivity index (χ0n) is 11.5. The van der Waals surface area contributed by atoms with E-state index in [4.69, 9.17) is 11.6 Å². The van der Waals surface area contributed by atoms with Crippen LogP contribution in [0.4, 0.5) is 13.2 Å². The lowest BCUT2D eigenvalue weighted by Crippen LogP contribution is -2.17. The molecule has 0 saturated heterocycles.